The van der Waals surface area contributed by atoms with Gasteiger partial charge in [-0.2, -0.15) is 0 Å². The van der Waals surface area contributed by atoms with Crippen LogP contribution in [0, 0.1) is 12.3 Å². The number of carbonyl (C=O) groups excluding carboxylic acids is 1. The average Bonchev–Trinajstić information content (AvgIpc) is 3.46. The summed E-state index contributed by atoms with van der Waals surface area (Å²) >= 11 is 0. The highest BCUT2D eigenvalue weighted by molar-refractivity contribution is 5.81. The molecule has 0 spiro atoms. The van der Waals surface area contributed by atoms with Gasteiger partial charge in [0.1, 0.15) is 11.7 Å². The molecular weight excluding hydrogens is 398 g/mol. The van der Waals surface area contributed by atoms with Crippen LogP contribution in [0.25, 0.3) is 0 Å². The smallest absolute Gasteiger partial charge is 0.405 e. The molecule has 0 saturated heterocycles. The van der Waals surface area contributed by atoms with E-state index in [2.05, 4.69) is 5.32 Å². The van der Waals surface area contributed by atoms with Crippen molar-refractivity contribution in [3.8, 4) is 0 Å². The first-order chi connectivity index (χ1) is 14.4. The number of esters is 1. The van der Waals surface area contributed by atoms with Gasteiger partial charge in [-0.15, -0.1) is 0 Å². The number of ether oxygens (including phenoxy) is 2. The fourth-order valence-corrected chi connectivity index (χ4v) is 3.53. The third-order valence-electron chi connectivity index (χ3n) is 5.26. The molecule has 1 atom stereocenters. The summed E-state index contributed by atoms with van der Waals surface area (Å²) < 4.78 is 10.7. The van der Waals surface area contributed by atoms with Crippen LogP contribution >= 0.6 is 0 Å². The monoisotopic (exact) mass is 429 g/mol. The van der Waals surface area contributed by atoms with E-state index in [9.17, 15) is 20.1 Å². The van der Waals surface area contributed by atoms with Crippen LogP contribution in [0.3, 0.4) is 0 Å². The Labute approximate surface area is 182 Å². The zero-order chi connectivity index (χ0) is 22.9. The molecule has 1 aliphatic carbocycles. The van der Waals surface area contributed by atoms with E-state index in [1.165, 1.54) is 0 Å². The third kappa shape index (κ3) is 6.04. The zero-order valence-electron chi connectivity index (χ0n) is 18.4. The van der Waals surface area contributed by atoms with Crippen molar-refractivity contribution in [2.24, 2.45) is 5.41 Å². The van der Waals surface area contributed by atoms with Crippen molar-refractivity contribution in [1.29, 1.82) is 0 Å². The quantitative estimate of drug-likeness (QED) is 0.376. The van der Waals surface area contributed by atoms with Crippen LogP contribution in [0.4, 0.5) is 5.69 Å². The second-order valence-electron chi connectivity index (χ2n) is 9.14. The third-order valence-corrected chi connectivity index (χ3v) is 5.26. The van der Waals surface area contributed by atoms with Crippen molar-refractivity contribution >= 4 is 11.7 Å². The first kappa shape index (κ1) is 23.2. The summed E-state index contributed by atoms with van der Waals surface area (Å²) in [5.41, 5.74) is 1.62. The van der Waals surface area contributed by atoms with Crippen molar-refractivity contribution in [2.45, 2.75) is 64.9 Å². The summed E-state index contributed by atoms with van der Waals surface area (Å²) in [5.74, 6) is -0.492. The van der Waals surface area contributed by atoms with E-state index >= 15 is 0 Å². The van der Waals surface area contributed by atoms with Crippen LogP contribution in [0.2, 0.25) is 0 Å². The first-order valence-corrected chi connectivity index (χ1v) is 10.4. The van der Waals surface area contributed by atoms with E-state index < -0.39 is 29.2 Å². The highest BCUT2D eigenvalue weighted by atomic mass is 16.9. The second-order valence-corrected chi connectivity index (χ2v) is 9.14. The van der Waals surface area contributed by atoms with E-state index in [0.29, 0.717) is 24.9 Å². The molecule has 0 amide bonds. The Balaban J connectivity index is 1.90. The van der Waals surface area contributed by atoms with Gasteiger partial charge in [-0.05, 0) is 63.3 Å². The number of rotatable bonds is 8. The largest absolute Gasteiger partial charge is 0.459 e. The highest BCUT2D eigenvalue weighted by Gasteiger charge is 2.60. The molecule has 168 valence electrons. The van der Waals surface area contributed by atoms with Gasteiger partial charge in [0.25, 0.3) is 0 Å². The Hall–Kier alpha value is -2.45. The van der Waals surface area contributed by atoms with Gasteiger partial charge >= 0.3 is 12.1 Å². The van der Waals surface area contributed by atoms with Crippen LogP contribution < -0.4 is 5.32 Å². The summed E-state index contributed by atoms with van der Waals surface area (Å²) in [6, 6.07) is 15.3. The molecular formula is C24H31NO6. The van der Waals surface area contributed by atoms with Crippen molar-refractivity contribution < 1.29 is 29.6 Å². The summed E-state index contributed by atoms with van der Waals surface area (Å²) in [5, 5.41) is 32.0. The lowest BCUT2D eigenvalue weighted by molar-refractivity contribution is -0.471. The predicted octanol–water partition coefficient (Wildman–Crippen LogP) is 3.37. The SMILES string of the molecule is Cc1ccc(C(OC(O)(O)O)C2(C(=O)OC(C)(C)C)CC2)cc1NCc1ccccc1. The molecule has 1 aliphatic rings. The summed E-state index contributed by atoms with van der Waals surface area (Å²) in [6.45, 7) is 7.84. The predicted molar refractivity (Wildman–Crippen MR) is 116 cm³/mol. The van der Waals surface area contributed by atoms with Crippen LogP contribution in [-0.4, -0.2) is 33.0 Å². The molecule has 0 radical (unpaired) electrons. The average molecular weight is 430 g/mol. The van der Waals surface area contributed by atoms with Crippen molar-refractivity contribution in [3.05, 3.63) is 65.2 Å². The summed E-state index contributed by atoms with van der Waals surface area (Å²) in [6.07, 6.45) is -3.59. The molecule has 2 aromatic carbocycles. The maximum Gasteiger partial charge on any atom is 0.405 e. The van der Waals surface area contributed by atoms with Crippen molar-refractivity contribution in [1.82, 2.24) is 0 Å². The molecule has 0 heterocycles. The minimum Gasteiger partial charge on any atom is -0.459 e. The van der Waals surface area contributed by atoms with E-state index in [4.69, 9.17) is 9.47 Å². The zero-order valence-corrected chi connectivity index (χ0v) is 18.4. The topological polar surface area (TPSA) is 108 Å². The van der Waals surface area contributed by atoms with Gasteiger partial charge < -0.3 is 25.4 Å². The minimum atomic E-state index is -3.38. The number of aryl methyl sites for hydroxylation is 1. The molecule has 0 aromatic heterocycles. The Morgan fingerprint density at radius 2 is 1.74 bits per heavy atom. The normalized spacial score (nSPS) is 16.5. The van der Waals surface area contributed by atoms with Gasteiger partial charge in [-0.25, -0.2) is 0 Å². The number of nitrogens with one attached hydrogen (secondary N) is 1. The number of aliphatic hydroxyl groups is 3. The van der Waals surface area contributed by atoms with Gasteiger partial charge in [0.15, 0.2) is 0 Å². The first-order valence-electron chi connectivity index (χ1n) is 10.4. The molecule has 4 N–H and O–H groups in total. The van der Waals surface area contributed by atoms with Gasteiger partial charge in [0, 0.05) is 12.2 Å². The van der Waals surface area contributed by atoms with Gasteiger partial charge in [-0.1, -0.05) is 42.5 Å². The van der Waals surface area contributed by atoms with E-state index in [0.717, 1.165) is 16.8 Å². The lowest BCUT2D eigenvalue weighted by Gasteiger charge is -2.32. The molecule has 2 aromatic rings. The maximum atomic E-state index is 12.9. The Morgan fingerprint density at radius 3 is 2.29 bits per heavy atom. The minimum absolute atomic E-state index is 0.448. The van der Waals surface area contributed by atoms with Crippen LogP contribution in [0.1, 0.15) is 56.4 Å². The maximum absolute atomic E-state index is 12.9. The molecule has 31 heavy (non-hydrogen) atoms. The van der Waals surface area contributed by atoms with Gasteiger partial charge in [0.05, 0.1) is 5.41 Å². The summed E-state index contributed by atoms with van der Waals surface area (Å²) in [4.78, 5) is 12.9. The van der Waals surface area contributed by atoms with Crippen LogP contribution in [-0.2, 0) is 20.8 Å². The molecule has 1 saturated carbocycles. The van der Waals surface area contributed by atoms with Crippen LogP contribution in [0.15, 0.2) is 48.5 Å². The Morgan fingerprint density at radius 1 is 1.10 bits per heavy atom. The fraction of sp³-hybridized carbons (Fsp3) is 0.458. The summed E-state index contributed by atoms with van der Waals surface area (Å²) in [7, 11) is 0. The van der Waals surface area contributed by atoms with Crippen molar-refractivity contribution in [2.75, 3.05) is 5.32 Å². The number of benzene rings is 2. The Bertz CT molecular complexity index is 910. The van der Waals surface area contributed by atoms with E-state index in [1.807, 2.05) is 43.3 Å². The number of anilines is 1. The van der Waals surface area contributed by atoms with E-state index in [-0.39, 0.29) is 0 Å². The number of carbonyl (C=O) groups is 1. The lowest BCUT2D eigenvalue weighted by Crippen LogP contribution is -2.40. The molecule has 7 nitrogen and oxygen atoms in total. The number of hydrogen-bond acceptors (Lipinski definition) is 7. The second kappa shape index (κ2) is 8.59. The molecule has 1 fully saturated rings. The molecule has 7 heteroatoms. The van der Waals surface area contributed by atoms with E-state index in [1.54, 1.807) is 32.9 Å². The molecule has 0 aliphatic heterocycles. The van der Waals surface area contributed by atoms with Crippen LogP contribution in [0.5, 0.6) is 0 Å². The standard InChI is InChI=1S/C24H31NO6/c1-16-10-11-18(14-19(16)25-15-17-8-6-5-7-9-17)20(30-24(27,28)29)23(12-13-23)21(26)31-22(2,3)4/h5-11,14,20,25,27-29H,12-13,15H2,1-4H3. The molecule has 1 unspecified atom stereocenters. The lowest BCUT2D eigenvalue weighted by atomic mass is 9.91. The molecule has 0 bridgehead atoms. The van der Waals surface area contributed by atoms with Gasteiger partial charge in [-0.3, -0.25) is 9.53 Å². The fourth-order valence-electron chi connectivity index (χ4n) is 3.53. The Kier molecular flexibility index (Phi) is 6.43. The van der Waals surface area contributed by atoms with Gasteiger partial charge in [0.2, 0.25) is 0 Å². The molecule has 3 rings (SSSR count). The number of hydrogen-bond donors (Lipinski definition) is 4. The van der Waals surface area contributed by atoms with Crippen molar-refractivity contribution in [3.63, 3.8) is 0 Å². The highest BCUT2D eigenvalue weighted by Crippen LogP contribution is 2.58.